The molecular weight excluding hydrogens is 438 g/mol. The van der Waals surface area contributed by atoms with Gasteiger partial charge in [-0.3, -0.25) is 14.4 Å². The number of nitrogens with one attached hydrogen (secondary N) is 2. The third-order valence-electron chi connectivity index (χ3n) is 4.92. The molecule has 190 valence electrons. The lowest BCUT2D eigenvalue weighted by Crippen LogP contribution is -2.52. The zero-order valence-electron chi connectivity index (χ0n) is 21.4. The van der Waals surface area contributed by atoms with E-state index in [4.69, 9.17) is 9.47 Å². The average Bonchev–Trinajstić information content (AvgIpc) is 2.75. The second-order valence-corrected chi connectivity index (χ2v) is 8.84. The minimum Gasteiger partial charge on any atom is -0.466 e. The number of nitrogens with zero attached hydrogens (tertiary/aromatic N) is 1. The molecule has 0 aliphatic heterocycles. The van der Waals surface area contributed by atoms with E-state index in [0.29, 0.717) is 5.56 Å². The van der Waals surface area contributed by atoms with Gasteiger partial charge in [0, 0.05) is 13.1 Å². The second-order valence-electron chi connectivity index (χ2n) is 8.84. The highest BCUT2D eigenvalue weighted by atomic mass is 16.6. The Balaban J connectivity index is 3.10. The largest absolute Gasteiger partial charge is 0.466 e. The summed E-state index contributed by atoms with van der Waals surface area (Å²) in [4.78, 5) is 51.7. The summed E-state index contributed by atoms with van der Waals surface area (Å²) in [5.41, 5.74) is 1.02. The maximum absolute atomic E-state index is 13.3. The summed E-state index contributed by atoms with van der Waals surface area (Å²) in [5, 5.41) is 5.28. The van der Waals surface area contributed by atoms with Crippen LogP contribution in [0.1, 0.15) is 72.1 Å². The van der Waals surface area contributed by atoms with Gasteiger partial charge >= 0.3 is 12.1 Å². The summed E-state index contributed by atoms with van der Waals surface area (Å²) in [7, 11) is 0. The fraction of sp³-hybridized carbons (Fsp3) is 0.600. The number of amides is 3. The van der Waals surface area contributed by atoms with Gasteiger partial charge in [-0.05, 0) is 59.1 Å². The minimum atomic E-state index is -0.937. The lowest BCUT2D eigenvalue weighted by Gasteiger charge is -2.32. The minimum absolute atomic E-state index is 0.0255. The normalized spacial score (nSPS) is 12.8. The van der Waals surface area contributed by atoms with Crippen molar-refractivity contribution in [3.63, 3.8) is 0 Å². The van der Waals surface area contributed by atoms with E-state index < -0.39 is 41.6 Å². The quantitative estimate of drug-likeness (QED) is 0.474. The summed E-state index contributed by atoms with van der Waals surface area (Å²) in [6, 6.07) is 5.60. The first kappa shape index (κ1) is 28.9. The van der Waals surface area contributed by atoms with Crippen molar-refractivity contribution in [1.82, 2.24) is 15.5 Å². The summed E-state index contributed by atoms with van der Waals surface area (Å²) in [6.07, 6.45) is 0.147. The van der Waals surface area contributed by atoms with Crippen LogP contribution in [0.3, 0.4) is 0 Å². The standard InChI is InChI=1S/C25H39N3O6/c1-8-18-11-13-19(14-12-18)21(22(30)26-16-15-20(29)33-10-3)28(9-2)23(31)17(4)27-24(32)34-25(5,6)7/h11-14,17,21H,8-10,15-16H2,1-7H3,(H,26,30)(H,27,32). The Kier molecular flexibility index (Phi) is 11.5. The zero-order valence-corrected chi connectivity index (χ0v) is 21.4. The molecule has 0 fully saturated rings. The molecule has 0 heterocycles. The first-order valence-electron chi connectivity index (χ1n) is 11.8. The van der Waals surface area contributed by atoms with Crippen LogP contribution in [-0.4, -0.2) is 60.1 Å². The molecular formula is C25H39N3O6. The molecule has 0 aliphatic rings. The highest BCUT2D eigenvalue weighted by Gasteiger charge is 2.33. The van der Waals surface area contributed by atoms with E-state index >= 15 is 0 Å². The molecule has 3 amide bonds. The molecule has 9 nitrogen and oxygen atoms in total. The van der Waals surface area contributed by atoms with Gasteiger partial charge in [-0.2, -0.15) is 0 Å². The number of ether oxygens (including phenoxy) is 2. The monoisotopic (exact) mass is 477 g/mol. The highest BCUT2D eigenvalue weighted by Crippen LogP contribution is 2.23. The number of carbonyl (C=O) groups excluding carboxylic acids is 4. The number of carbonyl (C=O) groups is 4. The summed E-state index contributed by atoms with van der Waals surface area (Å²) in [5.74, 6) is -1.27. The Morgan fingerprint density at radius 1 is 1.03 bits per heavy atom. The van der Waals surface area contributed by atoms with E-state index in [-0.39, 0.29) is 26.1 Å². The predicted octanol–water partition coefficient (Wildman–Crippen LogP) is 3.12. The van der Waals surface area contributed by atoms with Crippen molar-refractivity contribution in [2.75, 3.05) is 19.7 Å². The Morgan fingerprint density at radius 2 is 1.65 bits per heavy atom. The number of rotatable bonds is 11. The molecule has 0 aliphatic carbocycles. The van der Waals surface area contributed by atoms with Crippen LogP contribution < -0.4 is 10.6 Å². The number of hydrogen-bond acceptors (Lipinski definition) is 6. The topological polar surface area (TPSA) is 114 Å². The summed E-state index contributed by atoms with van der Waals surface area (Å²) < 4.78 is 10.1. The van der Waals surface area contributed by atoms with Crippen LogP contribution in [0.25, 0.3) is 0 Å². The third kappa shape index (κ3) is 9.41. The molecule has 1 aromatic carbocycles. The molecule has 2 atom stereocenters. The van der Waals surface area contributed by atoms with E-state index in [0.717, 1.165) is 12.0 Å². The van der Waals surface area contributed by atoms with E-state index in [1.165, 1.54) is 4.90 Å². The number of hydrogen-bond donors (Lipinski definition) is 2. The van der Waals surface area contributed by atoms with Gasteiger partial charge in [-0.25, -0.2) is 4.79 Å². The average molecular weight is 478 g/mol. The molecule has 9 heteroatoms. The van der Waals surface area contributed by atoms with Gasteiger partial charge in [-0.15, -0.1) is 0 Å². The van der Waals surface area contributed by atoms with Crippen molar-refractivity contribution in [3.05, 3.63) is 35.4 Å². The van der Waals surface area contributed by atoms with Crippen molar-refractivity contribution >= 4 is 23.9 Å². The first-order chi connectivity index (χ1) is 15.9. The van der Waals surface area contributed by atoms with E-state index in [9.17, 15) is 19.2 Å². The van der Waals surface area contributed by atoms with Crippen LogP contribution >= 0.6 is 0 Å². The fourth-order valence-electron chi connectivity index (χ4n) is 3.29. The molecule has 0 saturated heterocycles. The molecule has 2 N–H and O–H groups in total. The van der Waals surface area contributed by atoms with Gasteiger partial charge in [0.1, 0.15) is 17.7 Å². The second kappa shape index (κ2) is 13.6. The highest BCUT2D eigenvalue weighted by molar-refractivity contribution is 5.92. The number of likely N-dealkylation sites (N-methyl/N-ethyl adjacent to an activating group) is 1. The molecule has 34 heavy (non-hydrogen) atoms. The molecule has 1 rings (SSSR count). The SMILES string of the molecule is CCOC(=O)CCNC(=O)C(c1ccc(CC)cc1)N(CC)C(=O)C(C)NC(=O)OC(C)(C)C. The number of alkyl carbamates (subject to hydrolysis) is 1. The Labute approximate surface area is 202 Å². The Bertz CT molecular complexity index is 832. The van der Waals surface area contributed by atoms with Crippen molar-refractivity contribution < 1.29 is 28.7 Å². The molecule has 2 unspecified atom stereocenters. The van der Waals surface area contributed by atoms with Crippen molar-refractivity contribution in [2.45, 2.75) is 79.0 Å². The predicted molar refractivity (Wildman–Crippen MR) is 129 cm³/mol. The number of esters is 1. The molecule has 1 aromatic rings. The van der Waals surface area contributed by atoms with Crippen LogP contribution in [0.4, 0.5) is 4.79 Å². The Morgan fingerprint density at radius 3 is 2.15 bits per heavy atom. The van der Waals surface area contributed by atoms with Crippen LogP contribution in [-0.2, 0) is 30.3 Å². The van der Waals surface area contributed by atoms with Gasteiger partial charge in [-0.1, -0.05) is 31.2 Å². The lowest BCUT2D eigenvalue weighted by atomic mass is 10.0. The molecule has 0 saturated carbocycles. The number of aryl methyl sites for hydroxylation is 1. The first-order valence-corrected chi connectivity index (χ1v) is 11.8. The van der Waals surface area contributed by atoms with Crippen LogP contribution in [0.15, 0.2) is 24.3 Å². The van der Waals surface area contributed by atoms with E-state index in [2.05, 4.69) is 10.6 Å². The van der Waals surface area contributed by atoms with E-state index in [1.54, 1.807) is 41.5 Å². The van der Waals surface area contributed by atoms with Gasteiger partial charge in [0.25, 0.3) is 0 Å². The van der Waals surface area contributed by atoms with Gasteiger partial charge < -0.3 is 25.0 Å². The van der Waals surface area contributed by atoms with Gasteiger partial charge in [0.2, 0.25) is 11.8 Å². The maximum atomic E-state index is 13.3. The maximum Gasteiger partial charge on any atom is 0.408 e. The van der Waals surface area contributed by atoms with Crippen LogP contribution in [0.2, 0.25) is 0 Å². The lowest BCUT2D eigenvalue weighted by molar-refractivity contribution is -0.144. The smallest absolute Gasteiger partial charge is 0.408 e. The fourth-order valence-corrected chi connectivity index (χ4v) is 3.29. The summed E-state index contributed by atoms with van der Waals surface area (Å²) in [6.45, 7) is 12.8. The zero-order chi connectivity index (χ0) is 25.9. The third-order valence-corrected chi connectivity index (χ3v) is 4.92. The molecule has 0 bridgehead atoms. The van der Waals surface area contributed by atoms with Crippen molar-refractivity contribution in [3.8, 4) is 0 Å². The van der Waals surface area contributed by atoms with Crippen molar-refractivity contribution in [1.29, 1.82) is 0 Å². The number of benzene rings is 1. The van der Waals surface area contributed by atoms with Crippen LogP contribution in [0.5, 0.6) is 0 Å². The summed E-state index contributed by atoms with van der Waals surface area (Å²) >= 11 is 0. The van der Waals surface area contributed by atoms with Gasteiger partial charge in [0.05, 0.1) is 13.0 Å². The van der Waals surface area contributed by atoms with Crippen LogP contribution in [0, 0.1) is 0 Å². The van der Waals surface area contributed by atoms with E-state index in [1.807, 2.05) is 31.2 Å². The Hall–Kier alpha value is -3.10. The molecule has 0 radical (unpaired) electrons. The van der Waals surface area contributed by atoms with Gasteiger partial charge in [0.15, 0.2) is 0 Å². The molecule has 0 spiro atoms. The molecule has 0 aromatic heterocycles. The van der Waals surface area contributed by atoms with Crippen molar-refractivity contribution in [2.24, 2.45) is 0 Å².